The smallest absolute Gasteiger partial charge is 0.338 e. The third kappa shape index (κ3) is 3.14. The van der Waals surface area contributed by atoms with Gasteiger partial charge in [-0.05, 0) is 36.8 Å². The van der Waals surface area contributed by atoms with Crippen LogP contribution in [0.2, 0.25) is 5.02 Å². The van der Waals surface area contributed by atoms with Gasteiger partial charge in [-0.25, -0.2) is 4.79 Å². The standard InChI is InChI=1S/C15H12ClNO4/c1-8-3-2-4-12(13(8)15(20)21)17-14(19)10-7-9(18)5-6-11(10)16/h2-7,18H,1H3,(H,17,19)(H,20,21). The van der Waals surface area contributed by atoms with Crippen LogP contribution in [-0.4, -0.2) is 22.1 Å². The van der Waals surface area contributed by atoms with Gasteiger partial charge in [0, 0.05) is 0 Å². The molecule has 0 aliphatic carbocycles. The zero-order valence-corrected chi connectivity index (χ0v) is 11.8. The Kier molecular flexibility index (Phi) is 4.14. The van der Waals surface area contributed by atoms with E-state index in [0.717, 1.165) is 0 Å². The number of hydrogen-bond donors (Lipinski definition) is 3. The van der Waals surface area contributed by atoms with Gasteiger partial charge in [0.1, 0.15) is 5.75 Å². The summed E-state index contributed by atoms with van der Waals surface area (Å²) < 4.78 is 0. The summed E-state index contributed by atoms with van der Waals surface area (Å²) in [5, 5.41) is 21.3. The molecule has 0 saturated heterocycles. The van der Waals surface area contributed by atoms with Crippen molar-refractivity contribution in [3.8, 4) is 5.75 Å². The third-order valence-corrected chi connectivity index (χ3v) is 3.26. The van der Waals surface area contributed by atoms with Gasteiger partial charge < -0.3 is 15.5 Å². The lowest BCUT2D eigenvalue weighted by Crippen LogP contribution is -2.16. The van der Waals surface area contributed by atoms with Crippen molar-refractivity contribution in [2.24, 2.45) is 0 Å². The van der Waals surface area contributed by atoms with E-state index in [1.165, 1.54) is 24.3 Å². The largest absolute Gasteiger partial charge is 0.508 e. The fraction of sp³-hybridized carbons (Fsp3) is 0.0667. The Morgan fingerprint density at radius 2 is 1.90 bits per heavy atom. The predicted octanol–water partition coefficient (Wildman–Crippen LogP) is 3.30. The Hall–Kier alpha value is -2.53. The molecule has 1 amide bonds. The second-order valence-corrected chi connectivity index (χ2v) is 4.83. The third-order valence-electron chi connectivity index (χ3n) is 2.93. The molecule has 108 valence electrons. The summed E-state index contributed by atoms with van der Waals surface area (Å²) in [4.78, 5) is 23.4. The first-order valence-corrected chi connectivity index (χ1v) is 6.40. The number of halogens is 1. The van der Waals surface area contributed by atoms with Crippen LogP contribution in [0.3, 0.4) is 0 Å². The highest BCUT2D eigenvalue weighted by atomic mass is 35.5. The summed E-state index contributed by atoms with van der Waals surface area (Å²) in [6.45, 7) is 1.64. The number of phenolic OH excluding ortho intramolecular Hbond substituents is 1. The zero-order chi connectivity index (χ0) is 15.6. The first-order valence-electron chi connectivity index (χ1n) is 6.03. The number of nitrogens with one attached hydrogen (secondary N) is 1. The molecule has 2 aromatic carbocycles. The topological polar surface area (TPSA) is 86.6 Å². The maximum atomic E-state index is 12.2. The molecule has 21 heavy (non-hydrogen) atoms. The summed E-state index contributed by atoms with van der Waals surface area (Å²) in [6, 6.07) is 8.73. The first-order chi connectivity index (χ1) is 9.90. The highest BCUT2D eigenvalue weighted by molar-refractivity contribution is 6.34. The Morgan fingerprint density at radius 3 is 2.57 bits per heavy atom. The van der Waals surface area contributed by atoms with Crippen LogP contribution in [0.5, 0.6) is 5.75 Å². The molecular weight excluding hydrogens is 294 g/mol. The SMILES string of the molecule is Cc1cccc(NC(=O)c2cc(O)ccc2Cl)c1C(=O)O. The summed E-state index contributed by atoms with van der Waals surface area (Å²) in [7, 11) is 0. The first kappa shape index (κ1) is 14.9. The van der Waals surface area contributed by atoms with Gasteiger partial charge >= 0.3 is 5.97 Å². The molecule has 3 N–H and O–H groups in total. The summed E-state index contributed by atoms with van der Waals surface area (Å²) in [5.41, 5.74) is 0.783. The van der Waals surface area contributed by atoms with Crippen LogP contribution in [0.15, 0.2) is 36.4 Å². The molecule has 0 radical (unpaired) electrons. The lowest BCUT2D eigenvalue weighted by atomic mass is 10.1. The molecule has 0 bridgehead atoms. The minimum Gasteiger partial charge on any atom is -0.508 e. The number of aromatic hydroxyl groups is 1. The molecule has 2 rings (SSSR count). The molecule has 0 aromatic heterocycles. The van der Waals surface area contributed by atoms with Crippen molar-refractivity contribution in [2.45, 2.75) is 6.92 Å². The number of carbonyl (C=O) groups is 2. The number of carboxylic acids is 1. The molecule has 2 aromatic rings. The van der Waals surface area contributed by atoms with E-state index >= 15 is 0 Å². The molecule has 0 heterocycles. The van der Waals surface area contributed by atoms with Gasteiger partial charge in [0.05, 0.1) is 21.8 Å². The minimum atomic E-state index is -1.13. The predicted molar refractivity (Wildman–Crippen MR) is 79.2 cm³/mol. The number of hydrogen-bond acceptors (Lipinski definition) is 3. The Bertz CT molecular complexity index is 728. The number of rotatable bonds is 3. The van der Waals surface area contributed by atoms with Crippen molar-refractivity contribution in [1.29, 1.82) is 0 Å². The van der Waals surface area contributed by atoms with Gasteiger partial charge in [-0.1, -0.05) is 23.7 Å². The normalized spacial score (nSPS) is 10.2. The van der Waals surface area contributed by atoms with E-state index in [9.17, 15) is 19.8 Å². The second-order valence-electron chi connectivity index (χ2n) is 4.42. The Morgan fingerprint density at radius 1 is 1.19 bits per heavy atom. The number of amides is 1. The highest BCUT2D eigenvalue weighted by Gasteiger charge is 2.17. The molecule has 0 fully saturated rings. The fourth-order valence-corrected chi connectivity index (χ4v) is 2.14. The molecule has 0 spiro atoms. The summed E-state index contributed by atoms with van der Waals surface area (Å²) >= 11 is 5.90. The fourth-order valence-electron chi connectivity index (χ4n) is 1.93. The van der Waals surface area contributed by atoms with Gasteiger partial charge in [0.2, 0.25) is 0 Å². The summed E-state index contributed by atoms with van der Waals surface area (Å²) in [5.74, 6) is -1.83. The van der Waals surface area contributed by atoms with E-state index in [2.05, 4.69) is 5.32 Å². The molecule has 5 nitrogen and oxygen atoms in total. The van der Waals surface area contributed by atoms with E-state index in [1.807, 2.05) is 0 Å². The molecule has 0 unspecified atom stereocenters. The van der Waals surface area contributed by atoms with E-state index < -0.39 is 11.9 Å². The number of carbonyl (C=O) groups excluding carboxylic acids is 1. The number of benzene rings is 2. The average Bonchev–Trinajstić information content (AvgIpc) is 2.41. The maximum absolute atomic E-state index is 12.2. The zero-order valence-electron chi connectivity index (χ0n) is 11.1. The van der Waals surface area contributed by atoms with Crippen LogP contribution in [0, 0.1) is 6.92 Å². The van der Waals surface area contributed by atoms with E-state index in [4.69, 9.17) is 11.6 Å². The van der Waals surface area contributed by atoms with E-state index in [-0.39, 0.29) is 27.6 Å². The quantitative estimate of drug-likeness (QED) is 0.812. The number of aromatic carboxylic acids is 1. The molecule has 0 atom stereocenters. The lowest BCUT2D eigenvalue weighted by molar-refractivity contribution is 0.0697. The molecule has 6 heteroatoms. The number of carboxylic acid groups (broad SMARTS) is 1. The van der Waals surface area contributed by atoms with E-state index in [1.54, 1.807) is 19.1 Å². The maximum Gasteiger partial charge on any atom is 0.338 e. The van der Waals surface area contributed by atoms with Crippen LogP contribution < -0.4 is 5.32 Å². The molecule has 0 aliphatic heterocycles. The number of phenols is 1. The van der Waals surface area contributed by atoms with Crippen molar-refractivity contribution in [1.82, 2.24) is 0 Å². The van der Waals surface area contributed by atoms with Crippen LogP contribution in [0.4, 0.5) is 5.69 Å². The van der Waals surface area contributed by atoms with Crippen molar-refractivity contribution < 1.29 is 19.8 Å². The van der Waals surface area contributed by atoms with Crippen molar-refractivity contribution in [2.75, 3.05) is 5.32 Å². The Labute approximate surface area is 125 Å². The van der Waals surface area contributed by atoms with Gasteiger partial charge in [-0.15, -0.1) is 0 Å². The van der Waals surface area contributed by atoms with Crippen LogP contribution in [0.1, 0.15) is 26.3 Å². The van der Waals surface area contributed by atoms with Crippen LogP contribution in [-0.2, 0) is 0 Å². The van der Waals surface area contributed by atoms with Crippen LogP contribution >= 0.6 is 11.6 Å². The Balaban J connectivity index is 2.39. The van der Waals surface area contributed by atoms with Gasteiger partial charge in [0.25, 0.3) is 5.91 Å². The highest BCUT2D eigenvalue weighted by Crippen LogP contribution is 2.24. The lowest BCUT2D eigenvalue weighted by Gasteiger charge is -2.11. The second kappa shape index (κ2) is 5.85. The average molecular weight is 306 g/mol. The van der Waals surface area contributed by atoms with Crippen molar-refractivity contribution in [3.63, 3.8) is 0 Å². The van der Waals surface area contributed by atoms with Gasteiger partial charge in [0.15, 0.2) is 0 Å². The molecule has 0 saturated carbocycles. The molecular formula is C15H12ClNO4. The van der Waals surface area contributed by atoms with Crippen LogP contribution in [0.25, 0.3) is 0 Å². The monoisotopic (exact) mass is 305 g/mol. The number of anilines is 1. The minimum absolute atomic E-state index is 0.0159. The van der Waals surface area contributed by atoms with Gasteiger partial charge in [-0.2, -0.15) is 0 Å². The van der Waals surface area contributed by atoms with Crippen molar-refractivity contribution in [3.05, 3.63) is 58.1 Å². The van der Waals surface area contributed by atoms with E-state index in [0.29, 0.717) is 5.56 Å². The molecule has 0 aliphatic rings. The van der Waals surface area contributed by atoms with Crippen molar-refractivity contribution >= 4 is 29.2 Å². The number of aryl methyl sites for hydroxylation is 1. The summed E-state index contributed by atoms with van der Waals surface area (Å²) in [6.07, 6.45) is 0. The van der Waals surface area contributed by atoms with Gasteiger partial charge in [-0.3, -0.25) is 4.79 Å².